The summed E-state index contributed by atoms with van der Waals surface area (Å²) in [5, 5.41) is 3.01. The van der Waals surface area contributed by atoms with Crippen LogP contribution in [0.15, 0.2) is 10.5 Å². The number of carbonyl (C=O) groups is 2. The number of carbonyl (C=O) groups excluding carboxylic acids is 2. The molecule has 1 aromatic heterocycles. The van der Waals surface area contributed by atoms with E-state index in [0.29, 0.717) is 43.4 Å². The topological polar surface area (TPSA) is 65.8 Å². The maximum atomic E-state index is 12.8. The predicted molar refractivity (Wildman–Crippen MR) is 112 cm³/mol. The highest BCUT2D eigenvalue weighted by Crippen LogP contribution is 2.17. The Morgan fingerprint density at radius 2 is 2.07 bits per heavy atom. The number of furan rings is 1. The predicted octanol–water partition coefficient (Wildman–Crippen LogP) is 3.52. The van der Waals surface area contributed by atoms with Gasteiger partial charge in [-0.15, -0.1) is 0 Å². The van der Waals surface area contributed by atoms with E-state index < -0.39 is 0 Å². The van der Waals surface area contributed by atoms with Crippen molar-refractivity contribution in [3.8, 4) is 0 Å². The van der Waals surface area contributed by atoms with Gasteiger partial charge in [0.05, 0.1) is 5.56 Å². The van der Waals surface area contributed by atoms with Crippen molar-refractivity contribution >= 4 is 11.8 Å². The molecule has 1 aliphatic heterocycles. The zero-order valence-corrected chi connectivity index (χ0v) is 18.1. The first-order chi connectivity index (χ1) is 13.4. The molecule has 28 heavy (non-hydrogen) atoms. The van der Waals surface area contributed by atoms with E-state index in [2.05, 4.69) is 17.1 Å². The summed E-state index contributed by atoms with van der Waals surface area (Å²) in [6, 6.07) is 2.44. The number of rotatable bonds is 10. The lowest BCUT2D eigenvalue weighted by atomic mass is 10.0. The maximum absolute atomic E-state index is 12.8. The minimum Gasteiger partial charge on any atom is -0.466 e. The van der Waals surface area contributed by atoms with Crippen LogP contribution in [0.2, 0.25) is 0 Å². The van der Waals surface area contributed by atoms with Gasteiger partial charge >= 0.3 is 0 Å². The first-order valence-corrected chi connectivity index (χ1v) is 10.8. The van der Waals surface area contributed by atoms with Crippen molar-refractivity contribution in [1.29, 1.82) is 0 Å². The smallest absolute Gasteiger partial charge is 0.257 e. The van der Waals surface area contributed by atoms with Gasteiger partial charge in [-0.05, 0) is 59.1 Å². The molecule has 0 unspecified atom stereocenters. The molecule has 0 radical (unpaired) electrons. The largest absolute Gasteiger partial charge is 0.466 e. The molecule has 6 heteroatoms. The number of likely N-dealkylation sites (tertiary alicyclic amines) is 1. The third-order valence-corrected chi connectivity index (χ3v) is 5.55. The summed E-state index contributed by atoms with van der Waals surface area (Å²) in [7, 11) is 0. The standard InChI is InChI=1S/C22H37N3O3/c1-5-12-25(22(27)20-16-18(3)28-19(20)4)15-10-21(26)23-11-8-14-24-13-7-6-9-17(24)2/h16-17H,5-15H2,1-4H3,(H,23,26)/t17-/m0/s1. The molecule has 1 saturated heterocycles. The van der Waals surface area contributed by atoms with Crippen LogP contribution in [0.5, 0.6) is 0 Å². The Morgan fingerprint density at radius 3 is 2.71 bits per heavy atom. The Labute approximate surface area is 169 Å². The molecule has 0 aliphatic carbocycles. The fourth-order valence-electron chi connectivity index (χ4n) is 3.92. The average Bonchev–Trinajstić information content (AvgIpc) is 3.01. The summed E-state index contributed by atoms with van der Waals surface area (Å²) >= 11 is 0. The molecule has 158 valence electrons. The van der Waals surface area contributed by atoms with Crippen LogP contribution in [-0.4, -0.2) is 60.4 Å². The number of hydrogen-bond acceptors (Lipinski definition) is 4. The molecule has 6 nitrogen and oxygen atoms in total. The van der Waals surface area contributed by atoms with Gasteiger partial charge in [-0.1, -0.05) is 13.3 Å². The Balaban J connectivity index is 1.72. The zero-order valence-electron chi connectivity index (χ0n) is 18.1. The molecule has 1 N–H and O–H groups in total. The van der Waals surface area contributed by atoms with Crippen molar-refractivity contribution in [3.05, 3.63) is 23.2 Å². The van der Waals surface area contributed by atoms with E-state index in [-0.39, 0.29) is 11.8 Å². The van der Waals surface area contributed by atoms with E-state index in [4.69, 9.17) is 4.42 Å². The lowest BCUT2D eigenvalue weighted by molar-refractivity contribution is -0.121. The SMILES string of the molecule is CCCN(CCC(=O)NCCCN1CCCC[C@@H]1C)C(=O)c1cc(C)oc1C. The van der Waals surface area contributed by atoms with Crippen molar-refractivity contribution in [2.75, 3.05) is 32.7 Å². The summed E-state index contributed by atoms with van der Waals surface area (Å²) in [5.41, 5.74) is 0.599. The van der Waals surface area contributed by atoms with E-state index in [9.17, 15) is 9.59 Å². The molecule has 2 rings (SSSR count). The number of nitrogens with one attached hydrogen (secondary N) is 1. The lowest BCUT2D eigenvalue weighted by Crippen LogP contribution is -2.39. The van der Waals surface area contributed by atoms with E-state index in [1.54, 1.807) is 17.9 Å². The third-order valence-electron chi connectivity index (χ3n) is 5.55. The summed E-state index contributed by atoms with van der Waals surface area (Å²) < 4.78 is 5.48. The molecule has 1 atom stereocenters. The Kier molecular flexibility index (Phi) is 9.03. The van der Waals surface area contributed by atoms with E-state index in [0.717, 1.165) is 25.1 Å². The molecule has 1 aliphatic rings. The zero-order chi connectivity index (χ0) is 20.5. The number of piperidine rings is 1. The second-order valence-corrected chi connectivity index (χ2v) is 7.95. The van der Waals surface area contributed by atoms with Gasteiger partial charge in [0, 0.05) is 38.6 Å². The fraction of sp³-hybridized carbons (Fsp3) is 0.727. The molecule has 0 saturated carbocycles. The Bertz CT molecular complexity index is 641. The molecular weight excluding hydrogens is 354 g/mol. The van der Waals surface area contributed by atoms with Crippen LogP contribution < -0.4 is 5.32 Å². The highest BCUT2D eigenvalue weighted by Gasteiger charge is 2.21. The van der Waals surface area contributed by atoms with Gasteiger partial charge in [-0.3, -0.25) is 9.59 Å². The molecule has 0 spiro atoms. The van der Waals surface area contributed by atoms with Crippen LogP contribution in [0.25, 0.3) is 0 Å². The molecule has 0 aromatic carbocycles. The molecule has 1 fully saturated rings. The minimum absolute atomic E-state index is 0.0145. The number of aryl methyl sites for hydroxylation is 2. The van der Waals surface area contributed by atoms with Crippen molar-refractivity contribution in [2.45, 2.75) is 72.3 Å². The molecule has 2 amide bonds. The monoisotopic (exact) mass is 391 g/mol. The van der Waals surface area contributed by atoms with Crippen molar-refractivity contribution in [2.24, 2.45) is 0 Å². The van der Waals surface area contributed by atoms with Gasteiger partial charge < -0.3 is 19.5 Å². The maximum Gasteiger partial charge on any atom is 0.257 e. The van der Waals surface area contributed by atoms with E-state index in [1.165, 1.54) is 25.8 Å². The summed E-state index contributed by atoms with van der Waals surface area (Å²) in [6.07, 6.45) is 6.07. The molecular formula is C22H37N3O3. The first kappa shape index (κ1) is 22.5. The highest BCUT2D eigenvalue weighted by atomic mass is 16.3. The number of nitrogens with zero attached hydrogens (tertiary/aromatic N) is 2. The fourth-order valence-corrected chi connectivity index (χ4v) is 3.92. The van der Waals surface area contributed by atoms with Crippen LogP contribution in [0, 0.1) is 13.8 Å². The van der Waals surface area contributed by atoms with E-state index in [1.807, 2.05) is 13.8 Å². The van der Waals surface area contributed by atoms with Gasteiger partial charge in [-0.2, -0.15) is 0 Å². The quantitative estimate of drug-likeness (QED) is 0.620. The summed E-state index contributed by atoms with van der Waals surface area (Å²) in [6.45, 7) is 12.0. The van der Waals surface area contributed by atoms with Gasteiger partial charge in [0.1, 0.15) is 11.5 Å². The number of amides is 2. The lowest BCUT2D eigenvalue weighted by Gasteiger charge is -2.33. The van der Waals surface area contributed by atoms with Crippen LogP contribution in [-0.2, 0) is 4.79 Å². The third kappa shape index (κ3) is 6.66. The molecule has 2 heterocycles. The number of hydrogen-bond donors (Lipinski definition) is 1. The van der Waals surface area contributed by atoms with Gasteiger partial charge in [0.15, 0.2) is 0 Å². The van der Waals surface area contributed by atoms with Crippen LogP contribution in [0.4, 0.5) is 0 Å². The van der Waals surface area contributed by atoms with Gasteiger partial charge in [0.25, 0.3) is 5.91 Å². The second kappa shape index (κ2) is 11.2. The van der Waals surface area contributed by atoms with Gasteiger partial charge in [0.2, 0.25) is 5.91 Å². The van der Waals surface area contributed by atoms with Gasteiger partial charge in [-0.25, -0.2) is 0 Å². The highest BCUT2D eigenvalue weighted by molar-refractivity contribution is 5.95. The molecule has 0 bridgehead atoms. The van der Waals surface area contributed by atoms with Crippen LogP contribution >= 0.6 is 0 Å². The average molecular weight is 392 g/mol. The normalized spacial score (nSPS) is 17.5. The Morgan fingerprint density at radius 1 is 1.29 bits per heavy atom. The van der Waals surface area contributed by atoms with Crippen LogP contribution in [0.1, 0.15) is 74.3 Å². The summed E-state index contributed by atoms with van der Waals surface area (Å²) in [5.74, 6) is 1.34. The molecule has 1 aromatic rings. The Hall–Kier alpha value is -1.82. The second-order valence-electron chi connectivity index (χ2n) is 7.95. The van der Waals surface area contributed by atoms with E-state index >= 15 is 0 Å². The van der Waals surface area contributed by atoms with Crippen molar-refractivity contribution in [3.63, 3.8) is 0 Å². The van der Waals surface area contributed by atoms with Crippen molar-refractivity contribution < 1.29 is 14.0 Å². The first-order valence-electron chi connectivity index (χ1n) is 10.8. The van der Waals surface area contributed by atoms with Crippen LogP contribution in [0.3, 0.4) is 0 Å². The summed E-state index contributed by atoms with van der Waals surface area (Å²) in [4.78, 5) is 29.3. The van der Waals surface area contributed by atoms with Crippen molar-refractivity contribution in [1.82, 2.24) is 15.1 Å². The minimum atomic E-state index is -0.0527.